The average molecular weight is 505 g/mol. The lowest BCUT2D eigenvalue weighted by Crippen LogP contribution is -2.48. The van der Waals surface area contributed by atoms with E-state index in [0.717, 1.165) is 37.7 Å². The molecule has 4 rings (SSSR count). The monoisotopic (exact) mass is 504 g/mol. The van der Waals surface area contributed by atoms with Crippen molar-refractivity contribution in [3.8, 4) is 0 Å². The van der Waals surface area contributed by atoms with Crippen LogP contribution in [0, 0.1) is 11.3 Å². The topological polar surface area (TPSA) is 50.2 Å². The van der Waals surface area contributed by atoms with E-state index in [1.165, 1.54) is 12.1 Å². The summed E-state index contributed by atoms with van der Waals surface area (Å²) < 4.78 is 42.3. The van der Waals surface area contributed by atoms with Crippen molar-refractivity contribution in [2.45, 2.75) is 90.5 Å². The van der Waals surface area contributed by atoms with Crippen LogP contribution in [0.15, 0.2) is 36.5 Å². The van der Waals surface area contributed by atoms with Crippen LogP contribution in [0.4, 0.5) is 13.2 Å². The fourth-order valence-corrected chi connectivity index (χ4v) is 5.59. The largest absolute Gasteiger partial charge is 0.416 e. The van der Waals surface area contributed by atoms with Crippen LogP contribution in [0.3, 0.4) is 0 Å². The Labute approximate surface area is 212 Å². The Balaban J connectivity index is 1.60. The van der Waals surface area contributed by atoms with Gasteiger partial charge in [0.25, 0.3) is 0 Å². The number of aromatic nitrogens is 2. The number of hydrogen-bond donors (Lipinski definition) is 1. The number of benzene rings is 1. The zero-order valence-electron chi connectivity index (χ0n) is 22.2. The van der Waals surface area contributed by atoms with Crippen molar-refractivity contribution in [3.05, 3.63) is 53.3 Å². The highest BCUT2D eigenvalue weighted by Gasteiger charge is 2.43. The Morgan fingerprint density at radius 3 is 2.25 bits per heavy atom. The summed E-state index contributed by atoms with van der Waals surface area (Å²) in [5, 5.41) is 8.20. The molecule has 2 fully saturated rings. The number of likely N-dealkylation sites (tertiary alicyclic amines) is 1. The molecule has 198 valence electrons. The maximum absolute atomic E-state index is 13.6. The van der Waals surface area contributed by atoms with Crippen LogP contribution in [0.5, 0.6) is 0 Å². The summed E-state index contributed by atoms with van der Waals surface area (Å²) in [7, 11) is 0. The van der Waals surface area contributed by atoms with Crippen molar-refractivity contribution in [1.82, 2.24) is 20.0 Å². The fraction of sp³-hybridized carbons (Fsp3) is 0.643. The van der Waals surface area contributed by atoms with Gasteiger partial charge in [0.05, 0.1) is 22.8 Å². The van der Waals surface area contributed by atoms with Gasteiger partial charge in [-0.2, -0.15) is 18.3 Å². The van der Waals surface area contributed by atoms with Crippen LogP contribution in [0.1, 0.15) is 89.6 Å². The van der Waals surface area contributed by atoms with Crippen molar-refractivity contribution in [2.75, 3.05) is 13.1 Å². The molecule has 2 aromatic rings. The summed E-state index contributed by atoms with van der Waals surface area (Å²) in [4.78, 5) is 15.5. The maximum Gasteiger partial charge on any atom is 0.416 e. The molecule has 2 aliphatic heterocycles. The van der Waals surface area contributed by atoms with Crippen LogP contribution in [-0.4, -0.2) is 39.7 Å². The smallest absolute Gasteiger partial charge is 0.341 e. The van der Waals surface area contributed by atoms with Gasteiger partial charge in [-0.05, 0) is 75.1 Å². The predicted octanol–water partition coefficient (Wildman–Crippen LogP) is 6.13. The normalized spacial score (nSPS) is 24.4. The zero-order chi connectivity index (χ0) is 26.5. The van der Waals surface area contributed by atoms with E-state index in [2.05, 4.69) is 46.9 Å². The molecule has 5 nitrogen and oxygen atoms in total. The number of rotatable bonds is 3. The number of amides is 1. The predicted molar refractivity (Wildman–Crippen MR) is 134 cm³/mol. The lowest BCUT2D eigenvalue weighted by Gasteiger charge is -2.39. The number of nitrogens with one attached hydrogen (secondary N) is 1. The minimum atomic E-state index is -4.43. The summed E-state index contributed by atoms with van der Waals surface area (Å²) in [5.41, 5.74) is 0.637. The van der Waals surface area contributed by atoms with Gasteiger partial charge in [-0.25, -0.2) is 0 Å². The molecule has 1 N–H and O–H groups in total. The SMILES string of the molecule is CC(C)(C)C1CCN(C(=O)[C@@H]2C[C@H](c3ccn(C(C)(C)C)n3)[C@H](c3cccc(C(F)(F)F)c3)N2)CC1. The number of alkyl halides is 3. The highest BCUT2D eigenvalue weighted by Crippen LogP contribution is 2.42. The van der Waals surface area contributed by atoms with Gasteiger partial charge in [-0.1, -0.05) is 32.9 Å². The molecule has 3 atom stereocenters. The number of nitrogens with zero attached hydrogens (tertiary/aromatic N) is 3. The van der Waals surface area contributed by atoms with Gasteiger partial charge < -0.3 is 4.90 Å². The first-order valence-corrected chi connectivity index (χ1v) is 12.9. The van der Waals surface area contributed by atoms with Crippen LogP contribution in [0.25, 0.3) is 0 Å². The van der Waals surface area contributed by atoms with Crippen molar-refractivity contribution >= 4 is 5.91 Å². The lowest BCUT2D eigenvalue weighted by molar-refractivity contribution is -0.138. The number of hydrogen-bond acceptors (Lipinski definition) is 3. The Hall–Kier alpha value is -2.35. The molecule has 0 radical (unpaired) electrons. The molecule has 1 aromatic heterocycles. The molecule has 36 heavy (non-hydrogen) atoms. The Morgan fingerprint density at radius 1 is 1.03 bits per heavy atom. The van der Waals surface area contributed by atoms with Crippen molar-refractivity contribution < 1.29 is 18.0 Å². The molecular formula is C28H39F3N4O. The Bertz CT molecular complexity index is 1070. The summed E-state index contributed by atoms with van der Waals surface area (Å²) in [5.74, 6) is 0.403. The molecule has 2 aliphatic rings. The van der Waals surface area contributed by atoms with E-state index < -0.39 is 23.8 Å². The van der Waals surface area contributed by atoms with E-state index in [1.807, 2.05) is 21.8 Å². The van der Waals surface area contributed by atoms with E-state index in [4.69, 9.17) is 5.10 Å². The lowest BCUT2D eigenvalue weighted by atomic mass is 9.75. The molecule has 1 amide bonds. The zero-order valence-corrected chi connectivity index (χ0v) is 22.2. The summed E-state index contributed by atoms with van der Waals surface area (Å²) >= 11 is 0. The van der Waals surface area contributed by atoms with Crippen molar-refractivity contribution in [2.24, 2.45) is 11.3 Å². The molecule has 2 saturated heterocycles. The first-order valence-electron chi connectivity index (χ1n) is 12.9. The highest BCUT2D eigenvalue weighted by molar-refractivity contribution is 5.82. The number of piperidine rings is 1. The van der Waals surface area contributed by atoms with E-state index in [0.29, 0.717) is 17.9 Å². The van der Waals surface area contributed by atoms with Gasteiger partial charge in [0.15, 0.2) is 0 Å². The fourth-order valence-electron chi connectivity index (χ4n) is 5.59. The van der Waals surface area contributed by atoms with Gasteiger partial charge in [0, 0.05) is 31.2 Å². The van der Waals surface area contributed by atoms with E-state index >= 15 is 0 Å². The summed E-state index contributed by atoms with van der Waals surface area (Å²) in [6.45, 7) is 14.3. The maximum atomic E-state index is 13.6. The molecular weight excluding hydrogens is 465 g/mol. The molecule has 0 bridgehead atoms. The standard InChI is InChI=1S/C28H39F3N4O/c1-26(2,3)19-10-13-34(14-11-19)25(36)23-17-21(22-12-15-35(33-22)27(4,5)6)24(32-23)18-8-7-9-20(16-18)28(29,30)31/h7-9,12,15-16,19,21,23-24,32H,10-11,13-14,17H2,1-6H3/t21-,23+,24+/m1/s1. The van der Waals surface area contributed by atoms with E-state index in [9.17, 15) is 18.0 Å². The number of carbonyl (C=O) groups excluding carboxylic acids is 1. The second-order valence-electron chi connectivity index (χ2n) is 12.5. The van der Waals surface area contributed by atoms with Crippen molar-refractivity contribution in [1.29, 1.82) is 0 Å². The van der Waals surface area contributed by atoms with E-state index in [1.54, 1.807) is 6.07 Å². The first kappa shape index (κ1) is 26.7. The van der Waals surface area contributed by atoms with Crippen LogP contribution >= 0.6 is 0 Å². The second kappa shape index (κ2) is 9.51. The molecule has 0 spiro atoms. The molecule has 1 aromatic carbocycles. The average Bonchev–Trinajstić information content (AvgIpc) is 3.45. The summed E-state index contributed by atoms with van der Waals surface area (Å²) in [6.07, 6.45) is -0.0769. The molecule has 0 saturated carbocycles. The molecule has 0 aliphatic carbocycles. The van der Waals surface area contributed by atoms with Gasteiger partial charge in [-0.3, -0.25) is 14.8 Å². The van der Waals surface area contributed by atoms with Crippen LogP contribution < -0.4 is 5.32 Å². The molecule has 0 unspecified atom stereocenters. The highest BCUT2D eigenvalue weighted by atomic mass is 19.4. The first-order chi connectivity index (χ1) is 16.6. The second-order valence-corrected chi connectivity index (χ2v) is 12.5. The minimum absolute atomic E-state index is 0.0390. The quantitative estimate of drug-likeness (QED) is 0.547. The Kier molecular flexibility index (Phi) is 7.05. The van der Waals surface area contributed by atoms with Crippen LogP contribution in [-0.2, 0) is 16.5 Å². The molecule has 8 heteroatoms. The summed E-state index contributed by atoms with van der Waals surface area (Å²) in [6, 6.07) is 6.48. The van der Waals surface area contributed by atoms with Gasteiger partial charge in [-0.15, -0.1) is 0 Å². The third-order valence-electron chi connectivity index (χ3n) is 7.85. The van der Waals surface area contributed by atoms with Crippen LogP contribution in [0.2, 0.25) is 0 Å². The molecule has 3 heterocycles. The third kappa shape index (κ3) is 5.63. The van der Waals surface area contributed by atoms with E-state index in [-0.39, 0.29) is 22.8 Å². The van der Waals surface area contributed by atoms with Gasteiger partial charge in [0.2, 0.25) is 5.91 Å². The third-order valence-corrected chi connectivity index (χ3v) is 7.85. The minimum Gasteiger partial charge on any atom is -0.341 e. The van der Waals surface area contributed by atoms with Gasteiger partial charge >= 0.3 is 6.18 Å². The van der Waals surface area contributed by atoms with Crippen molar-refractivity contribution in [3.63, 3.8) is 0 Å². The van der Waals surface area contributed by atoms with Gasteiger partial charge in [0.1, 0.15) is 0 Å². The Morgan fingerprint density at radius 2 is 1.69 bits per heavy atom. The number of carbonyl (C=O) groups is 1. The number of halogens is 3.